The number of halogens is 2. The Balaban J connectivity index is 0.00000150. The van der Waals surface area contributed by atoms with Gasteiger partial charge in [0.1, 0.15) is 5.75 Å². The molecule has 0 spiro atoms. The average Bonchev–Trinajstić information content (AvgIpc) is 3.24. The number of carbonyl (C=O) groups excluding carboxylic acids is 1. The van der Waals surface area contributed by atoms with Gasteiger partial charge in [0, 0.05) is 37.6 Å². The second kappa shape index (κ2) is 10.2. The second-order valence-corrected chi connectivity index (χ2v) is 6.35. The maximum absolute atomic E-state index is 13.2. The number of hydrogen-bond acceptors (Lipinski definition) is 5. The maximum Gasteiger partial charge on any atom is 0.257 e. The Morgan fingerprint density at radius 3 is 2.76 bits per heavy atom. The minimum atomic E-state index is -0.0934. The fourth-order valence-corrected chi connectivity index (χ4v) is 3.40. The number of para-hydroxylation sites is 1. The molecular weight excluding hydrogens is 413 g/mol. The van der Waals surface area contributed by atoms with E-state index >= 15 is 0 Å². The molecule has 4 rings (SSSR count). The van der Waals surface area contributed by atoms with E-state index in [1.54, 1.807) is 36.6 Å². The lowest BCUT2D eigenvalue weighted by Crippen LogP contribution is -2.48. The highest BCUT2D eigenvalue weighted by molar-refractivity contribution is 5.94. The number of aromatic nitrogens is 3. The SMILES string of the molecule is COc1ccccc1C1CNCCN1C(=O)c1cnn(-c2cccnc2)c1.Cl.Cl. The molecule has 1 fully saturated rings. The number of benzene rings is 1. The van der Waals surface area contributed by atoms with Crippen LogP contribution < -0.4 is 10.1 Å². The smallest absolute Gasteiger partial charge is 0.257 e. The second-order valence-electron chi connectivity index (χ2n) is 6.35. The standard InChI is InChI=1S/C20H21N5O2.2ClH/c1-27-19-7-3-2-6-17(19)18-13-22-9-10-24(18)20(26)15-11-23-25(14-15)16-5-4-8-21-12-16;;/h2-8,11-12,14,18,22H,9-10,13H2,1H3;2*1H. The van der Waals surface area contributed by atoms with Crippen LogP contribution in [0.25, 0.3) is 5.69 Å². The number of pyridine rings is 1. The zero-order valence-corrected chi connectivity index (χ0v) is 17.5. The van der Waals surface area contributed by atoms with Gasteiger partial charge in [-0.1, -0.05) is 18.2 Å². The molecule has 2 aromatic heterocycles. The molecular formula is C20H23Cl2N5O2. The number of nitrogens with one attached hydrogen (secondary N) is 1. The summed E-state index contributed by atoms with van der Waals surface area (Å²) in [4.78, 5) is 19.2. The number of methoxy groups -OCH3 is 1. The van der Waals surface area contributed by atoms with Crippen molar-refractivity contribution in [2.75, 3.05) is 26.7 Å². The van der Waals surface area contributed by atoms with Crippen LogP contribution in [0.5, 0.6) is 5.75 Å². The van der Waals surface area contributed by atoms with Gasteiger partial charge < -0.3 is 15.0 Å². The quantitative estimate of drug-likeness (QED) is 0.681. The van der Waals surface area contributed by atoms with E-state index in [1.807, 2.05) is 41.3 Å². The van der Waals surface area contributed by atoms with Crippen molar-refractivity contribution in [3.63, 3.8) is 0 Å². The minimum Gasteiger partial charge on any atom is -0.496 e. The van der Waals surface area contributed by atoms with Crippen molar-refractivity contribution >= 4 is 30.7 Å². The number of piperazine rings is 1. The minimum absolute atomic E-state index is 0. The van der Waals surface area contributed by atoms with E-state index in [2.05, 4.69) is 15.4 Å². The molecule has 1 aliphatic heterocycles. The highest BCUT2D eigenvalue weighted by atomic mass is 35.5. The number of hydrogen-bond donors (Lipinski definition) is 1. The van der Waals surface area contributed by atoms with Crippen LogP contribution in [-0.4, -0.2) is 52.3 Å². The molecule has 1 amide bonds. The van der Waals surface area contributed by atoms with Crippen LogP contribution in [-0.2, 0) is 0 Å². The van der Waals surface area contributed by atoms with Gasteiger partial charge in [-0.15, -0.1) is 24.8 Å². The maximum atomic E-state index is 13.2. The molecule has 1 atom stereocenters. The highest BCUT2D eigenvalue weighted by Gasteiger charge is 2.31. The van der Waals surface area contributed by atoms with Gasteiger partial charge in [0.05, 0.1) is 36.8 Å². The zero-order chi connectivity index (χ0) is 18.6. The number of ether oxygens (including phenoxy) is 1. The topological polar surface area (TPSA) is 72.3 Å². The van der Waals surface area contributed by atoms with Crippen molar-refractivity contribution in [2.24, 2.45) is 0 Å². The Labute approximate surface area is 181 Å². The molecule has 0 saturated carbocycles. The molecule has 3 aromatic rings. The summed E-state index contributed by atoms with van der Waals surface area (Å²) >= 11 is 0. The Bertz CT molecular complexity index is 935. The number of nitrogens with zero attached hydrogens (tertiary/aromatic N) is 4. The van der Waals surface area contributed by atoms with Crippen LogP contribution in [0.3, 0.4) is 0 Å². The van der Waals surface area contributed by atoms with Crippen molar-refractivity contribution in [2.45, 2.75) is 6.04 Å². The summed E-state index contributed by atoms with van der Waals surface area (Å²) in [6, 6.07) is 11.5. The van der Waals surface area contributed by atoms with Gasteiger partial charge in [0.2, 0.25) is 0 Å². The molecule has 7 nitrogen and oxygen atoms in total. The third-order valence-electron chi connectivity index (χ3n) is 4.74. The van der Waals surface area contributed by atoms with E-state index in [1.165, 1.54) is 0 Å². The van der Waals surface area contributed by atoms with Gasteiger partial charge in [0.25, 0.3) is 5.91 Å². The van der Waals surface area contributed by atoms with Crippen LogP contribution in [0.4, 0.5) is 0 Å². The fraction of sp³-hybridized carbons (Fsp3) is 0.250. The molecule has 29 heavy (non-hydrogen) atoms. The van der Waals surface area contributed by atoms with Crippen LogP contribution >= 0.6 is 24.8 Å². The third-order valence-corrected chi connectivity index (χ3v) is 4.74. The van der Waals surface area contributed by atoms with Crippen molar-refractivity contribution in [3.8, 4) is 11.4 Å². The molecule has 0 bridgehead atoms. The summed E-state index contributed by atoms with van der Waals surface area (Å²) in [5, 5.41) is 7.70. The summed E-state index contributed by atoms with van der Waals surface area (Å²) < 4.78 is 7.17. The predicted octanol–water partition coefficient (Wildman–Crippen LogP) is 2.91. The Morgan fingerprint density at radius 2 is 2.00 bits per heavy atom. The number of carbonyl (C=O) groups is 1. The normalized spacial score (nSPS) is 15.8. The molecule has 0 radical (unpaired) electrons. The molecule has 1 unspecified atom stereocenters. The summed E-state index contributed by atoms with van der Waals surface area (Å²) in [5.41, 5.74) is 2.37. The number of amides is 1. The summed E-state index contributed by atoms with van der Waals surface area (Å²) in [5.74, 6) is 0.748. The molecule has 154 valence electrons. The Hall–Kier alpha value is -2.61. The Morgan fingerprint density at radius 1 is 1.17 bits per heavy atom. The average molecular weight is 436 g/mol. The lowest BCUT2D eigenvalue weighted by atomic mass is 10.0. The van der Waals surface area contributed by atoms with Gasteiger partial charge >= 0.3 is 0 Å². The first-order valence-corrected chi connectivity index (χ1v) is 8.87. The van der Waals surface area contributed by atoms with Crippen molar-refractivity contribution in [1.82, 2.24) is 25.0 Å². The van der Waals surface area contributed by atoms with Gasteiger partial charge in [-0.2, -0.15) is 5.10 Å². The first-order chi connectivity index (χ1) is 13.3. The van der Waals surface area contributed by atoms with E-state index in [9.17, 15) is 4.79 Å². The van der Waals surface area contributed by atoms with Crippen LogP contribution in [0.2, 0.25) is 0 Å². The monoisotopic (exact) mass is 435 g/mol. The molecule has 1 saturated heterocycles. The van der Waals surface area contributed by atoms with Crippen molar-refractivity contribution in [3.05, 3.63) is 72.3 Å². The van der Waals surface area contributed by atoms with E-state index < -0.39 is 0 Å². The molecule has 9 heteroatoms. The lowest BCUT2D eigenvalue weighted by Gasteiger charge is -2.36. The third kappa shape index (κ3) is 4.70. The van der Waals surface area contributed by atoms with Crippen molar-refractivity contribution in [1.29, 1.82) is 0 Å². The molecule has 1 aliphatic rings. The highest BCUT2D eigenvalue weighted by Crippen LogP contribution is 2.31. The summed E-state index contributed by atoms with van der Waals surface area (Å²) in [7, 11) is 1.65. The van der Waals surface area contributed by atoms with Gasteiger partial charge in [-0.25, -0.2) is 4.68 Å². The van der Waals surface area contributed by atoms with Gasteiger partial charge in [0.15, 0.2) is 0 Å². The largest absolute Gasteiger partial charge is 0.496 e. The van der Waals surface area contributed by atoms with Gasteiger partial charge in [-0.05, 0) is 18.2 Å². The van der Waals surface area contributed by atoms with E-state index in [4.69, 9.17) is 4.74 Å². The molecule has 1 aromatic carbocycles. The summed E-state index contributed by atoms with van der Waals surface area (Å²) in [6.07, 6.45) is 6.78. The van der Waals surface area contributed by atoms with Crippen LogP contribution in [0, 0.1) is 0 Å². The molecule has 0 aliphatic carbocycles. The summed E-state index contributed by atoms with van der Waals surface area (Å²) in [6.45, 7) is 2.07. The van der Waals surface area contributed by atoms with Crippen molar-refractivity contribution < 1.29 is 9.53 Å². The number of rotatable bonds is 4. The first-order valence-electron chi connectivity index (χ1n) is 8.87. The van der Waals surface area contributed by atoms with Crippen LogP contribution in [0.15, 0.2) is 61.2 Å². The predicted molar refractivity (Wildman–Crippen MR) is 115 cm³/mol. The molecule has 3 heterocycles. The zero-order valence-electron chi connectivity index (χ0n) is 15.9. The van der Waals surface area contributed by atoms with E-state index in [0.29, 0.717) is 18.7 Å². The van der Waals surface area contributed by atoms with Crippen LogP contribution in [0.1, 0.15) is 22.0 Å². The van der Waals surface area contributed by atoms with Gasteiger partial charge in [-0.3, -0.25) is 9.78 Å². The first kappa shape index (κ1) is 22.7. The van der Waals surface area contributed by atoms with E-state index in [-0.39, 0.29) is 36.8 Å². The Kier molecular flexibility index (Phi) is 8.01. The lowest BCUT2D eigenvalue weighted by molar-refractivity contribution is 0.0631. The van der Waals surface area contributed by atoms with E-state index in [0.717, 1.165) is 23.5 Å². The molecule has 1 N–H and O–H groups in total. The fourth-order valence-electron chi connectivity index (χ4n) is 3.40.